The van der Waals surface area contributed by atoms with Crippen LogP contribution in [0.4, 0.5) is 18.9 Å². The topological polar surface area (TPSA) is 12.0 Å². The Kier molecular flexibility index (Phi) is 4.56. The van der Waals surface area contributed by atoms with Crippen molar-refractivity contribution in [1.82, 2.24) is 0 Å². The van der Waals surface area contributed by atoms with Gasteiger partial charge in [-0.1, -0.05) is 38.1 Å². The largest absolute Gasteiger partial charge is 0.378 e. The molecular weight excluding hydrogens is 275 g/mol. The van der Waals surface area contributed by atoms with Gasteiger partial charge in [-0.05, 0) is 24.0 Å². The van der Waals surface area contributed by atoms with E-state index in [9.17, 15) is 13.2 Å². The summed E-state index contributed by atoms with van der Waals surface area (Å²) in [6, 6.07) is 9.78. The van der Waals surface area contributed by atoms with Crippen molar-refractivity contribution in [3.8, 4) is 0 Å². The lowest BCUT2D eigenvalue weighted by Gasteiger charge is -2.17. The van der Waals surface area contributed by atoms with Gasteiger partial charge in [0.15, 0.2) is 17.5 Å². The summed E-state index contributed by atoms with van der Waals surface area (Å²) in [7, 11) is 0. The van der Waals surface area contributed by atoms with Crippen molar-refractivity contribution in [2.24, 2.45) is 0 Å². The van der Waals surface area contributed by atoms with Gasteiger partial charge < -0.3 is 5.32 Å². The van der Waals surface area contributed by atoms with Crippen LogP contribution in [0.15, 0.2) is 36.4 Å². The Morgan fingerprint density at radius 3 is 1.76 bits per heavy atom. The van der Waals surface area contributed by atoms with Crippen molar-refractivity contribution in [2.75, 3.05) is 5.32 Å². The number of anilines is 1. The molecule has 1 atom stereocenters. The first-order valence-electron chi connectivity index (χ1n) is 6.89. The second-order valence-electron chi connectivity index (χ2n) is 5.44. The lowest BCUT2D eigenvalue weighted by Crippen LogP contribution is -2.08. The molecule has 112 valence electrons. The van der Waals surface area contributed by atoms with E-state index in [1.54, 1.807) is 0 Å². The molecule has 0 saturated heterocycles. The zero-order valence-corrected chi connectivity index (χ0v) is 12.3. The summed E-state index contributed by atoms with van der Waals surface area (Å²) in [5.41, 5.74) is 2.43. The van der Waals surface area contributed by atoms with Crippen molar-refractivity contribution in [1.29, 1.82) is 0 Å². The van der Waals surface area contributed by atoms with Crippen LogP contribution in [0.5, 0.6) is 0 Å². The van der Waals surface area contributed by atoms with E-state index >= 15 is 0 Å². The molecule has 4 heteroatoms. The van der Waals surface area contributed by atoms with Crippen LogP contribution in [0, 0.1) is 17.5 Å². The minimum Gasteiger partial charge on any atom is -0.378 e. The van der Waals surface area contributed by atoms with E-state index in [-0.39, 0.29) is 11.7 Å². The number of nitrogens with one attached hydrogen (secondary N) is 1. The molecule has 0 fully saturated rings. The van der Waals surface area contributed by atoms with Crippen molar-refractivity contribution >= 4 is 5.69 Å². The highest BCUT2D eigenvalue weighted by molar-refractivity contribution is 5.46. The standard InChI is InChI=1S/C17H18F3N/c1-10(2)12-4-6-13(7-5-12)11(3)21-14-8-15(18)17(20)16(19)9-14/h4-11,21H,1-3H3. The fourth-order valence-electron chi connectivity index (χ4n) is 2.14. The van der Waals surface area contributed by atoms with E-state index in [0.717, 1.165) is 17.7 Å². The average molecular weight is 293 g/mol. The molecule has 0 saturated carbocycles. The molecule has 1 nitrogen and oxygen atoms in total. The molecule has 0 heterocycles. The van der Waals surface area contributed by atoms with Crippen molar-refractivity contribution in [2.45, 2.75) is 32.7 Å². The zero-order chi connectivity index (χ0) is 15.6. The van der Waals surface area contributed by atoms with Crippen LogP contribution in [0.25, 0.3) is 0 Å². The van der Waals surface area contributed by atoms with Crippen molar-refractivity contribution in [3.05, 3.63) is 65.0 Å². The lowest BCUT2D eigenvalue weighted by molar-refractivity contribution is 0.447. The SMILES string of the molecule is CC(C)c1ccc(C(C)Nc2cc(F)c(F)c(F)c2)cc1. The van der Waals surface area contributed by atoms with Crippen molar-refractivity contribution in [3.63, 3.8) is 0 Å². The third-order valence-corrected chi connectivity index (χ3v) is 3.47. The molecule has 2 aromatic rings. The Labute approximate surface area is 122 Å². The summed E-state index contributed by atoms with van der Waals surface area (Å²) in [4.78, 5) is 0. The first-order valence-corrected chi connectivity index (χ1v) is 6.89. The van der Waals surface area contributed by atoms with Gasteiger partial charge in [0.05, 0.1) is 0 Å². The van der Waals surface area contributed by atoms with Gasteiger partial charge in [-0.2, -0.15) is 0 Å². The summed E-state index contributed by atoms with van der Waals surface area (Å²) in [5.74, 6) is -3.39. The molecule has 0 aliphatic rings. The van der Waals surface area contributed by atoms with E-state index in [2.05, 4.69) is 19.2 Å². The summed E-state index contributed by atoms with van der Waals surface area (Å²) in [5, 5.41) is 2.97. The van der Waals surface area contributed by atoms with E-state index in [1.165, 1.54) is 5.56 Å². The first-order chi connectivity index (χ1) is 9.88. The maximum atomic E-state index is 13.2. The Balaban J connectivity index is 2.16. The van der Waals surface area contributed by atoms with E-state index in [4.69, 9.17) is 0 Å². The van der Waals surface area contributed by atoms with Gasteiger partial charge in [0.2, 0.25) is 0 Å². The second kappa shape index (κ2) is 6.20. The Bertz CT molecular complexity index is 597. The van der Waals surface area contributed by atoms with Gasteiger partial charge in [-0.25, -0.2) is 13.2 Å². The predicted molar refractivity (Wildman–Crippen MR) is 78.9 cm³/mol. The minimum absolute atomic E-state index is 0.143. The number of hydrogen-bond acceptors (Lipinski definition) is 1. The fourth-order valence-corrected chi connectivity index (χ4v) is 2.14. The van der Waals surface area contributed by atoms with Gasteiger partial charge in [-0.3, -0.25) is 0 Å². The Morgan fingerprint density at radius 2 is 1.29 bits per heavy atom. The molecular formula is C17H18F3N. The maximum absolute atomic E-state index is 13.2. The van der Waals surface area contributed by atoms with Gasteiger partial charge in [0.1, 0.15) is 0 Å². The van der Waals surface area contributed by atoms with Crippen LogP contribution in [0.3, 0.4) is 0 Å². The van der Waals surface area contributed by atoms with Gasteiger partial charge >= 0.3 is 0 Å². The molecule has 0 aromatic heterocycles. The monoisotopic (exact) mass is 293 g/mol. The first kappa shape index (κ1) is 15.4. The number of benzene rings is 2. The highest BCUT2D eigenvalue weighted by Gasteiger charge is 2.12. The molecule has 0 radical (unpaired) electrons. The summed E-state index contributed by atoms with van der Waals surface area (Å²) < 4.78 is 39.3. The van der Waals surface area contributed by atoms with Crippen LogP contribution < -0.4 is 5.32 Å². The van der Waals surface area contributed by atoms with E-state index in [1.807, 2.05) is 31.2 Å². The quantitative estimate of drug-likeness (QED) is 0.744. The number of hydrogen-bond donors (Lipinski definition) is 1. The predicted octanol–water partition coefficient (Wildman–Crippen LogP) is 5.40. The van der Waals surface area contributed by atoms with E-state index < -0.39 is 17.5 Å². The molecule has 0 aliphatic carbocycles. The summed E-state index contributed by atoms with van der Waals surface area (Å²) in [6.07, 6.45) is 0. The van der Waals surface area contributed by atoms with Gasteiger partial charge in [-0.15, -0.1) is 0 Å². The maximum Gasteiger partial charge on any atom is 0.194 e. The third kappa shape index (κ3) is 3.57. The smallest absolute Gasteiger partial charge is 0.194 e. The van der Waals surface area contributed by atoms with Crippen LogP contribution in [0.1, 0.15) is 43.9 Å². The molecule has 2 aromatic carbocycles. The third-order valence-electron chi connectivity index (χ3n) is 3.47. The van der Waals surface area contributed by atoms with Crippen molar-refractivity contribution < 1.29 is 13.2 Å². The molecule has 0 aliphatic heterocycles. The molecule has 0 spiro atoms. The average Bonchev–Trinajstić information content (AvgIpc) is 2.44. The number of halogens is 3. The van der Waals surface area contributed by atoms with E-state index in [0.29, 0.717) is 5.92 Å². The zero-order valence-electron chi connectivity index (χ0n) is 12.3. The lowest BCUT2D eigenvalue weighted by atomic mass is 9.99. The normalized spacial score (nSPS) is 12.5. The fraction of sp³-hybridized carbons (Fsp3) is 0.294. The molecule has 1 N–H and O–H groups in total. The highest BCUT2D eigenvalue weighted by Crippen LogP contribution is 2.24. The number of rotatable bonds is 4. The Morgan fingerprint density at radius 1 is 0.810 bits per heavy atom. The summed E-state index contributed by atoms with van der Waals surface area (Å²) >= 11 is 0. The van der Waals surface area contributed by atoms with Crippen LogP contribution >= 0.6 is 0 Å². The molecule has 2 rings (SSSR count). The summed E-state index contributed by atoms with van der Waals surface area (Å²) in [6.45, 7) is 6.10. The molecule has 1 unspecified atom stereocenters. The highest BCUT2D eigenvalue weighted by atomic mass is 19.2. The molecule has 21 heavy (non-hydrogen) atoms. The molecule has 0 bridgehead atoms. The van der Waals surface area contributed by atoms with Crippen LogP contribution in [-0.2, 0) is 0 Å². The molecule has 0 amide bonds. The minimum atomic E-state index is -1.45. The van der Waals surface area contributed by atoms with Gasteiger partial charge in [0, 0.05) is 23.9 Å². The second-order valence-corrected chi connectivity index (χ2v) is 5.44. The van der Waals surface area contributed by atoms with Crippen LogP contribution in [-0.4, -0.2) is 0 Å². The Hall–Kier alpha value is -1.97. The van der Waals surface area contributed by atoms with Crippen LogP contribution in [0.2, 0.25) is 0 Å². The van der Waals surface area contributed by atoms with Gasteiger partial charge in [0.25, 0.3) is 0 Å².